The molecule has 3 rings (SSSR count). The fourth-order valence-corrected chi connectivity index (χ4v) is 2.86. The zero-order valence-corrected chi connectivity index (χ0v) is 16.8. The zero-order valence-electron chi connectivity index (χ0n) is 14.7. The molecule has 0 radical (unpaired) electrons. The van der Waals surface area contributed by atoms with Crippen molar-refractivity contribution in [2.75, 3.05) is 4.90 Å². The van der Waals surface area contributed by atoms with Crippen LogP contribution in [0.15, 0.2) is 53.6 Å². The first-order valence-corrected chi connectivity index (χ1v) is 9.29. The SMILES string of the molecule is Cc1ccc(C(=O)N/N=C\[C@H]2C(=O)NC(=O)N(c3ccc(I)cc3)C2=O)cc1. The molecule has 2 aromatic carbocycles. The molecule has 1 heterocycles. The number of nitrogens with one attached hydrogen (secondary N) is 2. The molecule has 1 aliphatic heterocycles. The highest BCUT2D eigenvalue weighted by Gasteiger charge is 2.40. The van der Waals surface area contributed by atoms with Crippen molar-refractivity contribution in [3.8, 4) is 0 Å². The maximum atomic E-state index is 12.7. The van der Waals surface area contributed by atoms with Crippen LogP contribution in [0.25, 0.3) is 0 Å². The molecule has 2 aromatic rings. The van der Waals surface area contributed by atoms with Crippen molar-refractivity contribution in [1.29, 1.82) is 0 Å². The van der Waals surface area contributed by atoms with Crippen LogP contribution < -0.4 is 15.6 Å². The second-order valence-corrected chi connectivity index (χ2v) is 7.25. The number of imide groups is 2. The number of hydrazone groups is 1. The van der Waals surface area contributed by atoms with E-state index in [0.29, 0.717) is 11.3 Å². The molecule has 8 nitrogen and oxygen atoms in total. The number of urea groups is 1. The van der Waals surface area contributed by atoms with E-state index < -0.39 is 29.7 Å². The Morgan fingerprint density at radius 1 is 1.11 bits per heavy atom. The molecule has 1 saturated heterocycles. The Labute approximate surface area is 174 Å². The number of hydrogen-bond donors (Lipinski definition) is 2. The third kappa shape index (κ3) is 4.25. The number of benzene rings is 2. The van der Waals surface area contributed by atoms with Crippen LogP contribution in [0.2, 0.25) is 0 Å². The van der Waals surface area contributed by atoms with E-state index in [1.165, 1.54) is 0 Å². The maximum absolute atomic E-state index is 12.7. The van der Waals surface area contributed by atoms with Crippen molar-refractivity contribution in [3.05, 3.63) is 63.2 Å². The minimum atomic E-state index is -1.34. The molecule has 9 heteroatoms. The van der Waals surface area contributed by atoms with Crippen molar-refractivity contribution in [3.63, 3.8) is 0 Å². The number of carbonyl (C=O) groups excluding carboxylic acids is 4. The second-order valence-electron chi connectivity index (χ2n) is 6.01. The smallest absolute Gasteiger partial charge is 0.276 e. The van der Waals surface area contributed by atoms with Gasteiger partial charge in [-0.15, -0.1) is 0 Å². The second kappa shape index (κ2) is 8.30. The van der Waals surface area contributed by atoms with Gasteiger partial charge in [0, 0.05) is 15.3 Å². The van der Waals surface area contributed by atoms with E-state index in [-0.39, 0.29) is 0 Å². The number of nitrogens with zero attached hydrogens (tertiary/aromatic N) is 2. The Kier molecular flexibility index (Phi) is 5.83. The van der Waals surface area contributed by atoms with Crippen LogP contribution in [-0.2, 0) is 9.59 Å². The lowest BCUT2D eigenvalue weighted by Gasteiger charge is -2.28. The number of carbonyl (C=O) groups is 4. The van der Waals surface area contributed by atoms with Crippen LogP contribution in [-0.4, -0.2) is 30.0 Å². The lowest BCUT2D eigenvalue weighted by molar-refractivity contribution is -0.131. The molecule has 1 atom stereocenters. The first-order valence-electron chi connectivity index (χ1n) is 8.21. The van der Waals surface area contributed by atoms with E-state index >= 15 is 0 Å². The fraction of sp³-hybridized carbons (Fsp3) is 0.105. The van der Waals surface area contributed by atoms with Crippen molar-refractivity contribution >= 4 is 58.2 Å². The Morgan fingerprint density at radius 3 is 2.39 bits per heavy atom. The van der Waals surface area contributed by atoms with E-state index in [1.807, 2.05) is 6.92 Å². The third-order valence-electron chi connectivity index (χ3n) is 3.99. The topological polar surface area (TPSA) is 108 Å². The maximum Gasteiger partial charge on any atom is 0.335 e. The number of aryl methyl sites for hydroxylation is 1. The molecule has 1 fully saturated rings. The van der Waals surface area contributed by atoms with Gasteiger partial charge in [-0.3, -0.25) is 19.7 Å². The number of barbiturate groups is 1. The minimum Gasteiger partial charge on any atom is -0.276 e. The van der Waals surface area contributed by atoms with Gasteiger partial charge in [0.15, 0.2) is 5.92 Å². The average molecular weight is 490 g/mol. The van der Waals surface area contributed by atoms with Crippen molar-refractivity contribution < 1.29 is 19.2 Å². The largest absolute Gasteiger partial charge is 0.335 e. The monoisotopic (exact) mass is 490 g/mol. The summed E-state index contributed by atoms with van der Waals surface area (Å²) in [5.74, 6) is -3.37. The normalized spacial score (nSPS) is 17.0. The third-order valence-corrected chi connectivity index (χ3v) is 4.71. The van der Waals surface area contributed by atoms with Crippen LogP contribution in [0.1, 0.15) is 15.9 Å². The van der Waals surface area contributed by atoms with Crippen LogP contribution in [0.5, 0.6) is 0 Å². The van der Waals surface area contributed by atoms with E-state index in [4.69, 9.17) is 0 Å². The first kappa shape index (κ1) is 19.7. The molecule has 0 bridgehead atoms. The van der Waals surface area contributed by atoms with Gasteiger partial charge < -0.3 is 0 Å². The lowest BCUT2D eigenvalue weighted by Crippen LogP contribution is -2.58. The van der Waals surface area contributed by atoms with Crippen molar-refractivity contribution in [1.82, 2.24) is 10.7 Å². The minimum absolute atomic E-state index is 0.331. The summed E-state index contributed by atoms with van der Waals surface area (Å²) in [6.45, 7) is 1.90. The Bertz CT molecular complexity index is 970. The summed E-state index contributed by atoms with van der Waals surface area (Å²) in [7, 11) is 0. The van der Waals surface area contributed by atoms with E-state index in [9.17, 15) is 19.2 Å². The summed E-state index contributed by atoms with van der Waals surface area (Å²) in [5, 5.41) is 5.84. The molecule has 0 unspecified atom stereocenters. The molecule has 2 N–H and O–H groups in total. The Morgan fingerprint density at radius 2 is 1.75 bits per heavy atom. The molecular formula is C19H15IN4O4. The van der Waals surface area contributed by atoms with E-state index in [0.717, 1.165) is 20.2 Å². The van der Waals surface area contributed by atoms with Gasteiger partial charge in [0.05, 0.1) is 5.69 Å². The van der Waals surface area contributed by atoms with Crippen molar-refractivity contribution in [2.45, 2.75) is 6.92 Å². The van der Waals surface area contributed by atoms with E-state index in [2.05, 4.69) is 38.4 Å². The summed E-state index contributed by atoms with van der Waals surface area (Å²) in [6.07, 6.45) is 1.01. The summed E-state index contributed by atoms with van der Waals surface area (Å²) in [4.78, 5) is 49.7. The van der Waals surface area contributed by atoms with Crippen LogP contribution in [0.3, 0.4) is 0 Å². The Balaban J connectivity index is 1.74. The molecule has 1 aliphatic rings. The summed E-state index contributed by atoms with van der Waals surface area (Å²) >= 11 is 2.10. The standard InChI is InChI=1S/C19H15IN4O4/c1-11-2-4-12(5-3-11)16(25)23-21-10-15-17(26)22-19(28)24(18(15)27)14-8-6-13(20)7-9-14/h2-10,15H,1H3,(H,23,25)(H,22,26,28)/b21-10-/t15-/m0/s1. The molecule has 142 valence electrons. The molecule has 28 heavy (non-hydrogen) atoms. The average Bonchev–Trinajstić information content (AvgIpc) is 2.66. The molecule has 0 aromatic heterocycles. The van der Waals surface area contributed by atoms with Gasteiger partial charge in [-0.1, -0.05) is 17.7 Å². The highest BCUT2D eigenvalue weighted by Crippen LogP contribution is 2.21. The van der Waals surface area contributed by atoms with E-state index in [1.54, 1.807) is 48.5 Å². The molecular weight excluding hydrogens is 475 g/mol. The molecule has 0 aliphatic carbocycles. The predicted molar refractivity (Wildman–Crippen MR) is 111 cm³/mol. The van der Waals surface area contributed by atoms with Gasteiger partial charge in [-0.25, -0.2) is 15.1 Å². The number of anilines is 1. The van der Waals surface area contributed by atoms with Crippen LogP contribution >= 0.6 is 22.6 Å². The molecule has 0 spiro atoms. The number of hydrogen-bond acceptors (Lipinski definition) is 5. The Hall–Kier alpha value is -3.08. The molecule has 5 amide bonds. The predicted octanol–water partition coefficient (Wildman–Crippen LogP) is 2.21. The number of halogens is 1. The van der Waals surface area contributed by atoms with Gasteiger partial charge in [-0.2, -0.15) is 5.10 Å². The quantitative estimate of drug-likeness (QED) is 0.297. The van der Waals surface area contributed by atoms with Crippen LogP contribution in [0.4, 0.5) is 10.5 Å². The summed E-state index contributed by atoms with van der Waals surface area (Å²) in [6, 6.07) is 12.7. The number of rotatable bonds is 4. The number of amides is 5. The van der Waals surface area contributed by atoms with Crippen molar-refractivity contribution in [2.24, 2.45) is 11.0 Å². The summed E-state index contributed by atoms with van der Waals surface area (Å²) in [5.41, 5.74) is 4.00. The molecule has 0 saturated carbocycles. The lowest BCUT2D eigenvalue weighted by atomic mass is 10.1. The van der Waals surface area contributed by atoms with Gasteiger partial charge in [0.2, 0.25) is 5.91 Å². The first-order chi connectivity index (χ1) is 13.4. The van der Waals surface area contributed by atoms with Gasteiger partial charge >= 0.3 is 6.03 Å². The fourth-order valence-electron chi connectivity index (χ4n) is 2.50. The summed E-state index contributed by atoms with van der Waals surface area (Å²) < 4.78 is 0.930. The van der Waals surface area contributed by atoms with Gasteiger partial charge in [0.25, 0.3) is 11.8 Å². The zero-order chi connectivity index (χ0) is 20.3. The highest BCUT2D eigenvalue weighted by molar-refractivity contribution is 14.1. The van der Waals surface area contributed by atoms with Gasteiger partial charge in [-0.05, 0) is 65.9 Å². The van der Waals surface area contributed by atoms with Gasteiger partial charge in [0.1, 0.15) is 0 Å². The highest BCUT2D eigenvalue weighted by atomic mass is 127. The van der Waals surface area contributed by atoms with Crippen LogP contribution in [0, 0.1) is 16.4 Å².